The molecule has 8 heteroatoms. The highest BCUT2D eigenvalue weighted by Gasteiger charge is 2.21. The lowest BCUT2D eigenvalue weighted by Crippen LogP contribution is -2.51. The fraction of sp³-hybridized carbons (Fsp3) is 0.350. The van der Waals surface area contributed by atoms with Crippen molar-refractivity contribution >= 4 is 28.3 Å². The SMILES string of the molecule is O=C(NCCc1cccs1)N1CCN(Cc2nc3ccccc3c(=O)[nH]2)CC1. The number of carbonyl (C=O) groups excluding carboxylic acids is 1. The van der Waals surface area contributed by atoms with E-state index in [1.807, 2.05) is 34.5 Å². The Bertz CT molecular complexity index is 993. The molecule has 1 saturated heterocycles. The van der Waals surface area contributed by atoms with Crippen molar-refractivity contribution in [3.8, 4) is 0 Å². The molecule has 146 valence electrons. The third kappa shape index (κ3) is 4.40. The quantitative estimate of drug-likeness (QED) is 0.691. The lowest BCUT2D eigenvalue weighted by atomic mass is 10.2. The maximum absolute atomic E-state index is 12.3. The third-order valence-corrected chi connectivity index (χ3v) is 5.86. The van der Waals surface area contributed by atoms with E-state index in [9.17, 15) is 9.59 Å². The first-order valence-corrected chi connectivity index (χ1v) is 10.3. The average Bonchev–Trinajstić information content (AvgIpc) is 3.22. The van der Waals surface area contributed by atoms with Gasteiger partial charge >= 0.3 is 6.03 Å². The number of amides is 2. The number of fused-ring (bicyclic) bond motifs is 1. The van der Waals surface area contributed by atoms with Gasteiger partial charge in [-0.1, -0.05) is 18.2 Å². The Labute approximate surface area is 167 Å². The van der Waals surface area contributed by atoms with Gasteiger partial charge in [0.15, 0.2) is 0 Å². The Morgan fingerprint density at radius 3 is 2.75 bits per heavy atom. The molecule has 0 aliphatic carbocycles. The normalized spacial score (nSPS) is 15.1. The number of nitrogens with zero attached hydrogens (tertiary/aromatic N) is 3. The molecule has 1 aromatic carbocycles. The van der Waals surface area contributed by atoms with Gasteiger partial charge < -0.3 is 15.2 Å². The zero-order valence-corrected chi connectivity index (χ0v) is 16.4. The maximum atomic E-state index is 12.3. The Balaban J connectivity index is 1.27. The zero-order valence-electron chi connectivity index (χ0n) is 15.6. The van der Waals surface area contributed by atoms with E-state index < -0.39 is 0 Å². The summed E-state index contributed by atoms with van der Waals surface area (Å²) in [5, 5.41) is 5.65. The number of urea groups is 1. The third-order valence-electron chi connectivity index (χ3n) is 4.92. The first-order valence-electron chi connectivity index (χ1n) is 9.44. The van der Waals surface area contributed by atoms with E-state index in [1.165, 1.54) is 4.88 Å². The summed E-state index contributed by atoms with van der Waals surface area (Å²) in [6, 6.07) is 11.5. The molecule has 7 nitrogen and oxygen atoms in total. The van der Waals surface area contributed by atoms with Crippen LogP contribution in [0.5, 0.6) is 0 Å². The molecular weight excluding hydrogens is 374 g/mol. The molecule has 0 saturated carbocycles. The van der Waals surface area contributed by atoms with Crippen LogP contribution in [0.3, 0.4) is 0 Å². The van der Waals surface area contributed by atoms with Gasteiger partial charge in [0.05, 0.1) is 17.4 Å². The molecule has 1 fully saturated rings. The van der Waals surface area contributed by atoms with Gasteiger partial charge in [0.1, 0.15) is 5.82 Å². The van der Waals surface area contributed by atoms with E-state index in [2.05, 4.69) is 26.3 Å². The minimum absolute atomic E-state index is 0.00607. The number of thiophene rings is 1. The molecule has 2 N–H and O–H groups in total. The number of H-pyrrole nitrogens is 1. The fourth-order valence-corrected chi connectivity index (χ4v) is 4.10. The van der Waals surface area contributed by atoms with E-state index in [1.54, 1.807) is 17.4 Å². The van der Waals surface area contributed by atoms with Crippen molar-refractivity contribution in [3.05, 3.63) is 62.8 Å². The molecule has 1 aliphatic heterocycles. The van der Waals surface area contributed by atoms with Gasteiger partial charge in [0, 0.05) is 37.6 Å². The van der Waals surface area contributed by atoms with Crippen LogP contribution >= 0.6 is 11.3 Å². The highest BCUT2D eigenvalue weighted by Crippen LogP contribution is 2.10. The Morgan fingerprint density at radius 2 is 1.96 bits per heavy atom. The van der Waals surface area contributed by atoms with Crippen LogP contribution in [0.15, 0.2) is 46.6 Å². The van der Waals surface area contributed by atoms with Gasteiger partial charge in [-0.05, 0) is 30.0 Å². The van der Waals surface area contributed by atoms with Crippen LogP contribution in [-0.2, 0) is 13.0 Å². The van der Waals surface area contributed by atoms with Crippen LogP contribution < -0.4 is 10.9 Å². The number of para-hydroxylation sites is 1. The summed E-state index contributed by atoms with van der Waals surface area (Å²) in [6.45, 7) is 4.09. The van der Waals surface area contributed by atoms with E-state index in [-0.39, 0.29) is 11.6 Å². The minimum Gasteiger partial charge on any atom is -0.338 e. The number of hydrogen-bond acceptors (Lipinski definition) is 5. The zero-order chi connectivity index (χ0) is 19.3. The van der Waals surface area contributed by atoms with Crippen molar-refractivity contribution in [2.24, 2.45) is 0 Å². The highest BCUT2D eigenvalue weighted by atomic mass is 32.1. The number of hydrogen-bond donors (Lipinski definition) is 2. The van der Waals surface area contributed by atoms with Crippen LogP contribution in [0, 0.1) is 0 Å². The smallest absolute Gasteiger partial charge is 0.317 e. The number of aromatic nitrogens is 2. The summed E-state index contributed by atoms with van der Waals surface area (Å²) in [7, 11) is 0. The van der Waals surface area contributed by atoms with Gasteiger partial charge in [-0.3, -0.25) is 9.69 Å². The molecule has 4 rings (SSSR count). The lowest BCUT2D eigenvalue weighted by molar-refractivity contribution is 0.133. The van der Waals surface area contributed by atoms with Crippen molar-refractivity contribution in [1.82, 2.24) is 25.1 Å². The minimum atomic E-state index is -0.107. The monoisotopic (exact) mass is 397 g/mol. The van der Waals surface area contributed by atoms with Crippen LogP contribution in [0.2, 0.25) is 0 Å². The molecule has 3 aromatic rings. The predicted octanol–water partition coefficient (Wildman–Crippen LogP) is 2.05. The van der Waals surface area contributed by atoms with Crippen molar-refractivity contribution in [2.75, 3.05) is 32.7 Å². The summed E-state index contributed by atoms with van der Waals surface area (Å²) >= 11 is 1.71. The molecular formula is C20H23N5O2S. The number of rotatable bonds is 5. The van der Waals surface area contributed by atoms with Crippen molar-refractivity contribution in [2.45, 2.75) is 13.0 Å². The molecule has 0 radical (unpaired) electrons. The molecule has 2 amide bonds. The Hall–Kier alpha value is -2.71. The molecule has 28 heavy (non-hydrogen) atoms. The van der Waals surface area contributed by atoms with Crippen molar-refractivity contribution in [1.29, 1.82) is 0 Å². The van der Waals surface area contributed by atoms with Gasteiger partial charge in [-0.15, -0.1) is 11.3 Å². The van der Waals surface area contributed by atoms with Gasteiger partial charge in [-0.25, -0.2) is 9.78 Å². The second-order valence-corrected chi connectivity index (χ2v) is 7.89. The fourth-order valence-electron chi connectivity index (χ4n) is 3.39. The van der Waals surface area contributed by atoms with Crippen molar-refractivity contribution in [3.63, 3.8) is 0 Å². The summed E-state index contributed by atoms with van der Waals surface area (Å²) in [6.07, 6.45) is 0.865. The number of carbonyl (C=O) groups is 1. The van der Waals surface area contributed by atoms with E-state index in [0.717, 1.165) is 19.5 Å². The van der Waals surface area contributed by atoms with Gasteiger partial charge in [0.25, 0.3) is 5.56 Å². The van der Waals surface area contributed by atoms with Crippen molar-refractivity contribution < 1.29 is 4.79 Å². The first-order chi connectivity index (χ1) is 13.7. The molecule has 1 aliphatic rings. The number of benzene rings is 1. The largest absolute Gasteiger partial charge is 0.338 e. The molecule has 0 unspecified atom stereocenters. The van der Waals surface area contributed by atoms with Crippen LogP contribution in [-0.4, -0.2) is 58.5 Å². The molecule has 0 atom stereocenters. The number of aromatic amines is 1. The average molecular weight is 398 g/mol. The van der Waals surface area contributed by atoms with E-state index >= 15 is 0 Å². The molecule has 0 spiro atoms. The second-order valence-electron chi connectivity index (χ2n) is 6.85. The van der Waals surface area contributed by atoms with Crippen LogP contribution in [0.25, 0.3) is 10.9 Å². The lowest BCUT2D eigenvalue weighted by Gasteiger charge is -2.34. The summed E-state index contributed by atoms with van der Waals surface area (Å²) in [4.78, 5) is 37.3. The number of piperazine rings is 1. The summed E-state index contributed by atoms with van der Waals surface area (Å²) in [5.41, 5.74) is 0.606. The van der Waals surface area contributed by atoms with Crippen LogP contribution in [0.4, 0.5) is 4.79 Å². The summed E-state index contributed by atoms with van der Waals surface area (Å²) in [5.74, 6) is 0.664. The maximum Gasteiger partial charge on any atom is 0.317 e. The topological polar surface area (TPSA) is 81.3 Å². The Morgan fingerprint density at radius 1 is 1.14 bits per heavy atom. The Kier molecular flexibility index (Phi) is 5.68. The number of nitrogens with one attached hydrogen (secondary N) is 2. The standard InChI is InChI=1S/C20H23N5O2S/c26-19-16-5-1-2-6-17(16)22-18(23-19)14-24-9-11-25(12-10-24)20(27)21-8-7-15-4-3-13-28-15/h1-6,13H,7-12,14H2,(H,21,27)(H,22,23,26). The van der Waals surface area contributed by atoms with Crippen LogP contribution in [0.1, 0.15) is 10.7 Å². The highest BCUT2D eigenvalue weighted by molar-refractivity contribution is 7.09. The van der Waals surface area contributed by atoms with E-state index in [0.29, 0.717) is 42.9 Å². The molecule has 0 bridgehead atoms. The summed E-state index contributed by atoms with van der Waals surface area (Å²) < 4.78 is 0. The predicted molar refractivity (Wildman–Crippen MR) is 111 cm³/mol. The molecule has 3 heterocycles. The van der Waals surface area contributed by atoms with E-state index in [4.69, 9.17) is 0 Å². The van der Waals surface area contributed by atoms with Gasteiger partial charge in [0.2, 0.25) is 0 Å². The molecule has 2 aromatic heterocycles. The first kappa shape index (κ1) is 18.6. The second kappa shape index (κ2) is 8.53. The van der Waals surface area contributed by atoms with Gasteiger partial charge in [-0.2, -0.15) is 0 Å².